The average Bonchev–Trinajstić information content (AvgIpc) is 2.91. The molecule has 0 aliphatic carbocycles. The van der Waals surface area contributed by atoms with Crippen molar-refractivity contribution >= 4 is 43.1 Å². The van der Waals surface area contributed by atoms with Crippen molar-refractivity contribution in [2.75, 3.05) is 0 Å². The summed E-state index contributed by atoms with van der Waals surface area (Å²) in [6.07, 6.45) is 15.0. The zero-order valence-electron chi connectivity index (χ0n) is 23.1. The molecule has 5 rings (SSSR count). The van der Waals surface area contributed by atoms with Crippen molar-refractivity contribution < 1.29 is 0 Å². The van der Waals surface area contributed by atoms with Crippen LogP contribution in [0.5, 0.6) is 0 Å². The Hall–Kier alpha value is -2.60. The molecule has 0 spiro atoms. The molecular formula is C36H44. The maximum absolute atomic E-state index is 2.49. The van der Waals surface area contributed by atoms with Gasteiger partial charge in [-0.3, -0.25) is 0 Å². The highest BCUT2D eigenvalue weighted by Gasteiger charge is 2.23. The van der Waals surface area contributed by atoms with E-state index in [4.69, 9.17) is 0 Å². The lowest BCUT2D eigenvalue weighted by atomic mass is 9.78. The lowest BCUT2D eigenvalue weighted by Crippen LogP contribution is -2.07. The van der Waals surface area contributed by atoms with Gasteiger partial charge in [-0.1, -0.05) is 102 Å². The summed E-state index contributed by atoms with van der Waals surface area (Å²) < 4.78 is 0. The Morgan fingerprint density at radius 3 is 1.58 bits per heavy atom. The maximum Gasteiger partial charge on any atom is -0.00179 e. The van der Waals surface area contributed by atoms with Crippen LogP contribution in [0.2, 0.25) is 0 Å². The van der Waals surface area contributed by atoms with E-state index in [-0.39, 0.29) is 0 Å². The molecule has 0 aliphatic rings. The third-order valence-corrected chi connectivity index (χ3v) is 8.48. The van der Waals surface area contributed by atoms with Gasteiger partial charge in [0.2, 0.25) is 0 Å². The predicted octanol–water partition coefficient (Wildman–Crippen LogP) is 11.1. The molecule has 0 saturated carbocycles. The second kappa shape index (κ2) is 11.2. The van der Waals surface area contributed by atoms with Gasteiger partial charge < -0.3 is 0 Å². The van der Waals surface area contributed by atoms with E-state index in [1.807, 2.05) is 0 Å². The Bertz CT molecular complexity index is 1460. The molecule has 5 aromatic carbocycles. The van der Waals surface area contributed by atoms with Gasteiger partial charge in [0.05, 0.1) is 0 Å². The summed E-state index contributed by atoms with van der Waals surface area (Å²) in [4.78, 5) is 0. The van der Waals surface area contributed by atoms with Gasteiger partial charge in [0.1, 0.15) is 0 Å². The summed E-state index contributed by atoms with van der Waals surface area (Å²) in [6.45, 7) is 9.38. The number of unbranched alkanes of at least 4 members (excludes halogenated alkanes) is 4. The first kappa shape index (κ1) is 25.1. The fourth-order valence-electron chi connectivity index (χ4n) is 6.67. The van der Waals surface area contributed by atoms with Crippen LogP contribution in [0.4, 0.5) is 0 Å². The van der Waals surface area contributed by atoms with Gasteiger partial charge in [0.15, 0.2) is 0 Å². The van der Waals surface area contributed by atoms with Crippen LogP contribution in [0.25, 0.3) is 43.1 Å². The minimum absolute atomic E-state index is 1.19. The van der Waals surface area contributed by atoms with E-state index in [0.717, 1.165) is 0 Å². The van der Waals surface area contributed by atoms with E-state index in [0.29, 0.717) is 0 Å². The van der Waals surface area contributed by atoms with E-state index in [2.05, 4.69) is 76.2 Å². The minimum Gasteiger partial charge on any atom is -0.0654 e. The Morgan fingerprint density at radius 2 is 0.944 bits per heavy atom. The molecule has 0 saturated heterocycles. The van der Waals surface area contributed by atoms with E-state index in [9.17, 15) is 0 Å². The van der Waals surface area contributed by atoms with Crippen molar-refractivity contribution in [3.05, 3.63) is 70.8 Å². The molecule has 0 nitrogen and oxygen atoms in total. The Balaban J connectivity index is 2.03. The van der Waals surface area contributed by atoms with Gasteiger partial charge in [-0.2, -0.15) is 0 Å². The summed E-state index contributed by atoms with van der Waals surface area (Å²) in [7, 11) is 0. The van der Waals surface area contributed by atoms with Gasteiger partial charge in [-0.05, 0) is 117 Å². The van der Waals surface area contributed by atoms with Gasteiger partial charge in [0.25, 0.3) is 0 Å². The van der Waals surface area contributed by atoms with Crippen LogP contribution in [0.15, 0.2) is 48.5 Å². The number of aryl methyl sites for hydroxylation is 3. The number of rotatable bonds is 12. The third kappa shape index (κ3) is 4.27. The highest BCUT2D eigenvalue weighted by molar-refractivity contribution is 6.34. The SMILES string of the molecule is CCCCc1c(CCCC)c2c(CCCC)ccc3c4cccc5cccc(c(c1CCCC)c23)c54. The zero-order chi connectivity index (χ0) is 25.1. The summed E-state index contributed by atoms with van der Waals surface area (Å²) in [5.41, 5.74) is 6.69. The van der Waals surface area contributed by atoms with Crippen molar-refractivity contribution in [1.82, 2.24) is 0 Å². The van der Waals surface area contributed by atoms with E-state index >= 15 is 0 Å². The first-order valence-corrected chi connectivity index (χ1v) is 14.9. The van der Waals surface area contributed by atoms with Crippen molar-refractivity contribution in [2.45, 2.75) is 105 Å². The molecule has 36 heavy (non-hydrogen) atoms. The predicted molar refractivity (Wildman–Crippen MR) is 162 cm³/mol. The van der Waals surface area contributed by atoms with E-state index in [1.54, 1.807) is 38.4 Å². The monoisotopic (exact) mass is 476 g/mol. The topological polar surface area (TPSA) is 0 Å². The molecule has 0 heteroatoms. The van der Waals surface area contributed by atoms with E-state index in [1.165, 1.54) is 104 Å². The van der Waals surface area contributed by atoms with Crippen LogP contribution >= 0.6 is 0 Å². The first-order chi connectivity index (χ1) is 17.7. The molecule has 188 valence electrons. The van der Waals surface area contributed by atoms with Crippen LogP contribution in [0.3, 0.4) is 0 Å². The molecule has 0 N–H and O–H groups in total. The van der Waals surface area contributed by atoms with Crippen LogP contribution < -0.4 is 0 Å². The lowest BCUT2D eigenvalue weighted by molar-refractivity contribution is 0.740. The third-order valence-electron chi connectivity index (χ3n) is 8.48. The van der Waals surface area contributed by atoms with Crippen molar-refractivity contribution in [3.8, 4) is 0 Å². The molecule has 0 radical (unpaired) electrons. The molecule has 5 aromatic rings. The van der Waals surface area contributed by atoms with Crippen molar-refractivity contribution in [2.24, 2.45) is 0 Å². The van der Waals surface area contributed by atoms with Crippen molar-refractivity contribution in [3.63, 3.8) is 0 Å². The quantitative estimate of drug-likeness (QED) is 0.124. The summed E-state index contributed by atoms with van der Waals surface area (Å²) in [5.74, 6) is 0. The maximum atomic E-state index is 2.49. The smallest absolute Gasteiger partial charge is 0.00179 e. The second-order valence-corrected chi connectivity index (χ2v) is 11.0. The van der Waals surface area contributed by atoms with Crippen LogP contribution in [-0.4, -0.2) is 0 Å². The molecule has 0 amide bonds. The molecule has 0 bridgehead atoms. The number of hydrogen-bond acceptors (Lipinski definition) is 0. The number of hydrogen-bond donors (Lipinski definition) is 0. The minimum atomic E-state index is 1.19. The molecule has 0 unspecified atom stereocenters. The van der Waals surface area contributed by atoms with Crippen LogP contribution in [0.1, 0.15) is 101 Å². The highest BCUT2D eigenvalue weighted by Crippen LogP contribution is 2.46. The van der Waals surface area contributed by atoms with Gasteiger partial charge in [0, 0.05) is 0 Å². The summed E-state index contributed by atoms with van der Waals surface area (Å²) in [5, 5.41) is 12.0. The Labute approximate surface area is 218 Å². The number of fused-ring (bicyclic) bond motifs is 2. The molecule has 0 aromatic heterocycles. The average molecular weight is 477 g/mol. The van der Waals surface area contributed by atoms with Gasteiger partial charge >= 0.3 is 0 Å². The molecule has 0 fully saturated rings. The normalized spacial score (nSPS) is 12.1. The highest BCUT2D eigenvalue weighted by atomic mass is 14.3. The largest absolute Gasteiger partial charge is 0.0654 e. The fourth-order valence-corrected chi connectivity index (χ4v) is 6.67. The van der Waals surface area contributed by atoms with Crippen molar-refractivity contribution in [1.29, 1.82) is 0 Å². The summed E-state index contributed by atoms with van der Waals surface area (Å²) in [6, 6.07) is 18.9. The second-order valence-electron chi connectivity index (χ2n) is 11.0. The molecule has 0 atom stereocenters. The fraction of sp³-hybridized carbons (Fsp3) is 0.444. The Kier molecular flexibility index (Phi) is 7.80. The lowest BCUT2D eigenvalue weighted by Gasteiger charge is -2.26. The Morgan fingerprint density at radius 1 is 0.417 bits per heavy atom. The molecular weight excluding hydrogens is 432 g/mol. The van der Waals surface area contributed by atoms with Crippen LogP contribution in [0, 0.1) is 0 Å². The molecule has 0 aliphatic heterocycles. The molecule has 0 heterocycles. The van der Waals surface area contributed by atoms with Gasteiger partial charge in [-0.25, -0.2) is 0 Å². The van der Waals surface area contributed by atoms with Crippen LogP contribution in [-0.2, 0) is 25.7 Å². The van der Waals surface area contributed by atoms with Gasteiger partial charge in [-0.15, -0.1) is 0 Å². The standard InChI is InChI=1S/C36H44/c1-5-9-15-26-23-24-31-30-21-13-16-25-17-14-22-32(33(25)30)35-29(20-12-8-4)27(18-10-6-2)28(19-11-7-3)34(26)36(31)35/h13-14,16-17,21-24H,5-12,15,18-20H2,1-4H3. The number of benzene rings is 5. The summed E-state index contributed by atoms with van der Waals surface area (Å²) >= 11 is 0. The zero-order valence-corrected chi connectivity index (χ0v) is 23.1. The first-order valence-electron chi connectivity index (χ1n) is 14.9. The van der Waals surface area contributed by atoms with E-state index < -0.39 is 0 Å².